The highest BCUT2D eigenvalue weighted by atomic mass is 32.2. The van der Waals surface area contributed by atoms with Crippen LogP contribution in [0.3, 0.4) is 0 Å². The van der Waals surface area contributed by atoms with Gasteiger partial charge in [-0.25, -0.2) is 4.90 Å². The molecule has 0 aliphatic carbocycles. The van der Waals surface area contributed by atoms with Gasteiger partial charge in [-0.05, 0) is 67.2 Å². The van der Waals surface area contributed by atoms with Crippen LogP contribution >= 0.6 is 11.8 Å². The van der Waals surface area contributed by atoms with Crippen LogP contribution in [0, 0.1) is 0 Å². The maximum absolute atomic E-state index is 12.4. The first kappa shape index (κ1) is 16.1. The number of ether oxygens (including phenoxy) is 1. The molecule has 0 atom stereocenters. The molecule has 1 aromatic heterocycles. The predicted octanol–water partition coefficient (Wildman–Crippen LogP) is 4.48. The summed E-state index contributed by atoms with van der Waals surface area (Å²) in [5.74, 6) is 1.04. The van der Waals surface area contributed by atoms with Crippen molar-refractivity contribution in [1.82, 2.24) is 0 Å². The molecule has 2 amide bonds. The van der Waals surface area contributed by atoms with Crippen LogP contribution in [0.4, 0.5) is 10.5 Å². The number of anilines is 1. The first-order valence-electron chi connectivity index (χ1n) is 7.40. The van der Waals surface area contributed by atoms with E-state index in [9.17, 15) is 9.59 Å². The van der Waals surface area contributed by atoms with Gasteiger partial charge in [0.1, 0.15) is 11.5 Å². The van der Waals surface area contributed by atoms with Crippen LogP contribution in [0.5, 0.6) is 5.75 Å². The van der Waals surface area contributed by atoms with Crippen LogP contribution in [0.25, 0.3) is 6.08 Å². The van der Waals surface area contributed by atoms with Crippen LogP contribution in [0.15, 0.2) is 64.1 Å². The van der Waals surface area contributed by atoms with Gasteiger partial charge in [-0.3, -0.25) is 9.59 Å². The molecular weight excluding hydrogens is 326 g/mol. The minimum absolute atomic E-state index is 0.318. The van der Waals surface area contributed by atoms with E-state index in [0.717, 1.165) is 16.7 Å². The van der Waals surface area contributed by atoms with Crippen molar-refractivity contribution < 1.29 is 18.7 Å². The average Bonchev–Trinajstić information content (AvgIpc) is 3.18. The first-order valence-corrected chi connectivity index (χ1v) is 8.21. The monoisotopic (exact) mass is 341 g/mol. The number of allylic oxidation sites excluding steroid dienone is 2. The minimum atomic E-state index is -0.335. The van der Waals surface area contributed by atoms with Crippen LogP contribution in [0.1, 0.15) is 12.7 Å². The lowest BCUT2D eigenvalue weighted by Gasteiger charge is -2.13. The number of hydrogen-bond donors (Lipinski definition) is 0. The van der Waals surface area contributed by atoms with Crippen molar-refractivity contribution in [3.63, 3.8) is 0 Å². The normalized spacial score (nSPS) is 16.5. The number of carbonyl (C=O) groups excluding carboxylic acids is 2. The quantitative estimate of drug-likeness (QED) is 0.751. The second kappa shape index (κ2) is 7.23. The van der Waals surface area contributed by atoms with Gasteiger partial charge in [-0.1, -0.05) is 6.08 Å². The Balaban J connectivity index is 1.76. The summed E-state index contributed by atoms with van der Waals surface area (Å²) in [5, 5.41) is -0.318. The summed E-state index contributed by atoms with van der Waals surface area (Å²) in [6.45, 7) is 2.46. The molecule has 0 saturated carbocycles. The summed E-state index contributed by atoms with van der Waals surface area (Å²) >= 11 is 0.914. The Hall–Kier alpha value is -2.73. The highest BCUT2D eigenvalue weighted by molar-refractivity contribution is 8.18. The van der Waals surface area contributed by atoms with Gasteiger partial charge in [-0.15, -0.1) is 0 Å². The molecule has 2 aromatic rings. The largest absolute Gasteiger partial charge is 0.494 e. The number of hydrogen-bond acceptors (Lipinski definition) is 5. The second-order valence-electron chi connectivity index (χ2n) is 4.84. The second-order valence-corrected chi connectivity index (χ2v) is 5.83. The van der Waals surface area contributed by atoms with E-state index in [1.165, 1.54) is 0 Å². The van der Waals surface area contributed by atoms with Crippen molar-refractivity contribution in [2.75, 3.05) is 11.5 Å². The summed E-state index contributed by atoms with van der Waals surface area (Å²) in [6, 6.07) is 10.5. The van der Waals surface area contributed by atoms with Gasteiger partial charge in [0, 0.05) is 0 Å². The maximum atomic E-state index is 12.4. The van der Waals surface area contributed by atoms with E-state index in [1.54, 1.807) is 60.9 Å². The maximum Gasteiger partial charge on any atom is 0.298 e. The molecule has 24 heavy (non-hydrogen) atoms. The molecule has 1 aliphatic rings. The number of amides is 2. The van der Waals surface area contributed by atoms with Crippen LogP contribution < -0.4 is 9.64 Å². The van der Waals surface area contributed by atoms with E-state index >= 15 is 0 Å². The number of imide groups is 1. The fourth-order valence-electron chi connectivity index (χ4n) is 2.18. The predicted molar refractivity (Wildman–Crippen MR) is 93.9 cm³/mol. The standard InChI is InChI=1S/C18H15NO4S/c1-2-22-15-10-8-13(9-11-15)19-17(20)16(24-18(19)21)7-3-5-14-6-4-12-23-14/h3-12H,2H2,1H3. The average molecular weight is 341 g/mol. The smallest absolute Gasteiger partial charge is 0.298 e. The molecule has 6 heteroatoms. The molecule has 0 unspecified atom stereocenters. The summed E-state index contributed by atoms with van der Waals surface area (Å²) < 4.78 is 10.5. The van der Waals surface area contributed by atoms with Crippen LogP contribution in [-0.2, 0) is 4.79 Å². The zero-order chi connectivity index (χ0) is 16.9. The van der Waals surface area contributed by atoms with E-state index in [2.05, 4.69) is 0 Å². The molecule has 122 valence electrons. The molecule has 1 saturated heterocycles. The number of carbonyl (C=O) groups is 2. The van der Waals surface area contributed by atoms with Gasteiger partial charge in [0.05, 0.1) is 23.5 Å². The number of rotatable bonds is 5. The molecule has 5 nitrogen and oxygen atoms in total. The van der Waals surface area contributed by atoms with Crippen molar-refractivity contribution in [3.05, 3.63) is 65.5 Å². The summed E-state index contributed by atoms with van der Waals surface area (Å²) in [4.78, 5) is 26.1. The topological polar surface area (TPSA) is 59.8 Å². The van der Waals surface area contributed by atoms with Gasteiger partial charge >= 0.3 is 0 Å². The molecule has 1 fully saturated rings. The number of thioether (sulfide) groups is 1. The molecule has 0 radical (unpaired) electrons. The number of nitrogens with zero attached hydrogens (tertiary/aromatic N) is 1. The third-order valence-electron chi connectivity index (χ3n) is 3.25. The fraction of sp³-hybridized carbons (Fsp3) is 0.111. The lowest BCUT2D eigenvalue weighted by Crippen LogP contribution is -2.27. The molecule has 1 aromatic carbocycles. The number of benzene rings is 1. The fourth-order valence-corrected chi connectivity index (χ4v) is 2.97. The zero-order valence-electron chi connectivity index (χ0n) is 13.0. The summed E-state index contributed by atoms with van der Waals surface area (Å²) in [5.41, 5.74) is 0.527. The molecule has 1 aliphatic heterocycles. The third-order valence-corrected chi connectivity index (χ3v) is 4.14. The van der Waals surface area contributed by atoms with E-state index in [1.807, 2.05) is 6.92 Å². The molecule has 0 N–H and O–H groups in total. The molecule has 0 bridgehead atoms. The first-order chi connectivity index (χ1) is 11.7. The van der Waals surface area contributed by atoms with Gasteiger partial charge in [0.25, 0.3) is 11.1 Å². The van der Waals surface area contributed by atoms with Gasteiger partial charge < -0.3 is 9.15 Å². The van der Waals surface area contributed by atoms with E-state index in [4.69, 9.17) is 9.15 Å². The van der Waals surface area contributed by atoms with E-state index in [0.29, 0.717) is 28.7 Å². The number of furan rings is 1. The Bertz CT molecular complexity index is 791. The van der Waals surface area contributed by atoms with Crippen molar-refractivity contribution in [1.29, 1.82) is 0 Å². The van der Waals surface area contributed by atoms with Gasteiger partial charge in [0.2, 0.25) is 0 Å². The lowest BCUT2D eigenvalue weighted by molar-refractivity contribution is -0.113. The highest BCUT2D eigenvalue weighted by Gasteiger charge is 2.35. The highest BCUT2D eigenvalue weighted by Crippen LogP contribution is 2.35. The zero-order valence-corrected chi connectivity index (χ0v) is 13.8. The molecule has 0 spiro atoms. The molecular formula is C18H15NO4S. The Morgan fingerprint density at radius 2 is 2.00 bits per heavy atom. The third kappa shape index (κ3) is 3.44. The lowest BCUT2D eigenvalue weighted by atomic mass is 10.2. The van der Waals surface area contributed by atoms with E-state index in [-0.39, 0.29) is 11.1 Å². The van der Waals surface area contributed by atoms with Gasteiger partial charge in [-0.2, -0.15) is 0 Å². The van der Waals surface area contributed by atoms with Crippen molar-refractivity contribution >= 4 is 34.7 Å². The van der Waals surface area contributed by atoms with Crippen molar-refractivity contribution in [2.45, 2.75) is 6.92 Å². The molecule has 2 heterocycles. The summed E-state index contributed by atoms with van der Waals surface area (Å²) in [7, 11) is 0. The van der Waals surface area contributed by atoms with Crippen LogP contribution in [0.2, 0.25) is 0 Å². The van der Waals surface area contributed by atoms with Crippen molar-refractivity contribution in [2.24, 2.45) is 0 Å². The Morgan fingerprint density at radius 3 is 2.67 bits per heavy atom. The minimum Gasteiger partial charge on any atom is -0.494 e. The Kier molecular flexibility index (Phi) is 4.86. The molecule has 3 rings (SSSR count). The summed E-state index contributed by atoms with van der Waals surface area (Å²) in [6.07, 6.45) is 6.60. The van der Waals surface area contributed by atoms with E-state index < -0.39 is 0 Å². The van der Waals surface area contributed by atoms with Crippen LogP contribution in [-0.4, -0.2) is 17.8 Å². The SMILES string of the molecule is CCOc1ccc(N2C(=O)SC(=CC=Cc3ccco3)C2=O)cc1. The Morgan fingerprint density at radius 1 is 1.21 bits per heavy atom. The Labute approximate surface area is 143 Å². The van der Waals surface area contributed by atoms with Crippen molar-refractivity contribution in [3.8, 4) is 5.75 Å². The van der Waals surface area contributed by atoms with Gasteiger partial charge in [0.15, 0.2) is 0 Å².